The number of likely N-dealkylation sites (tertiary alicyclic amines) is 2. The second-order valence-corrected chi connectivity index (χ2v) is 6.18. The highest BCUT2D eigenvalue weighted by molar-refractivity contribution is 7.80. The number of nitrogens with two attached hydrogens (primary N) is 1. The van der Waals surface area contributed by atoms with Gasteiger partial charge in [0.2, 0.25) is 0 Å². The molecule has 0 aromatic carbocycles. The molecule has 0 aromatic heterocycles. The van der Waals surface area contributed by atoms with Gasteiger partial charge in [-0.15, -0.1) is 0 Å². The first-order chi connectivity index (χ1) is 8.53. The van der Waals surface area contributed by atoms with Crippen LogP contribution in [0.15, 0.2) is 0 Å². The third kappa shape index (κ3) is 2.76. The Labute approximate surface area is 114 Å². The van der Waals surface area contributed by atoms with E-state index < -0.39 is 0 Å². The van der Waals surface area contributed by atoms with Crippen LogP contribution in [-0.2, 0) is 0 Å². The van der Waals surface area contributed by atoms with E-state index in [1.165, 1.54) is 6.42 Å². The first kappa shape index (κ1) is 13.6. The Morgan fingerprint density at radius 3 is 2.06 bits per heavy atom. The lowest BCUT2D eigenvalue weighted by molar-refractivity contribution is 0.119. The number of rotatable bonds is 1. The number of thiocarbonyl (C=S) groups is 1. The van der Waals surface area contributed by atoms with Gasteiger partial charge in [0.1, 0.15) is 0 Å². The Kier molecular flexibility index (Phi) is 4.10. The van der Waals surface area contributed by atoms with Crippen LogP contribution in [0.1, 0.15) is 39.0 Å². The molecule has 2 rings (SSSR count). The SMILES string of the molecule is CC1(C(N)=S)CCN(C(=O)N2CCCCC2)CC1. The lowest BCUT2D eigenvalue weighted by Gasteiger charge is -2.41. The van der Waals surface area contributed by atoms with Crippen LogP contribution in [0, 0.1) is 5.41 Å². The summed E-state index contributed by atoms with van der Waals surface area (Å²) in [5.74, 6) is 0. The molecule has 2 amide bonds. The van der Waals surface area contributed by atoms with Crippen molar-refractivity contribution in [1.29, 1.82) is 0 Å². The third-order valence-electron chi connectivity index (χ3n) is 4.36. The van der Waals surface area contributed by atoms with Gasteiger partial charge in [0.25, 0.3) is 0 Å². The molecule has 2 heterocycles. The summed E-state index contributed by atoms with van der Waals surface area (Å²) in [4.78, 5) is 16.9. The van der Waals surface area contributed by atoms with Crippen molar-refractivity contribution in [2.24, 2.45) is 11.1 Å². The lowest BCUT2D eigenvalue weighted by Crippen LogP contribution is -2.51. The zero-order valence-electron chi connectivity index (χ0n) is 11.2. The number of carbonyl (C=O) groups is 1. The van der Waals surface area contributed by atoms with Crippen molar-refractivity contribution in [3.05, 3.63) is 0 Å². The Morgan fingerprint density at radius 1 is 1.06 bits per heavy atom. The number of nitrogens with zero attached hydrogens (tertiary/aromatic N) is 2. The molecule has 2 N–H and O–H groups in total. The van der Waals surface area contributed by atoms with Gasteiger partial charge in [-0.3, -0.25) is 0 Å². The molecule has 2 saturated heterocycles. The minimum atomic E-state index is -0.0615. The maximum atomic E-state index is 12.3. The van der Waals surface area contributed by atoms with Crippen molar-refractivity contribution < 1.29 is 4.79 Å². The molecule has 0 radical (unpaired) electrons. The van der Waals surface area contributed by atoms with Gasteiger partial charge < -0.3 is 15.5 Å². The van der Waals surface area contributed by atoms with Crippen LogP contribution in [0.3, 0.4) is 0 Å². The molecular formula is C13H23N3OS. The molecule has 18 heavy (non-hydrogen) atoms. The third-order valence-corrected chi connectivity index (χ3v) is 4.85. The average Bonchev–Trinajstić information content (AvgIpc) is 2.40. The van der Waals surface area contributed by atoms with Crippen molar-refractivity contribution in [1.82, 2.24) is 9.80 Å². The van der Waals surface area contributed by atoms with Crippen LogP contribution >= 0.6 is 12.2 Å². The number of carbonyl (C=O) groups excluding carboxylic acids is 1. The van der Waals surface area contributed by atoms with E-state index in [1.807, 2.05) is 9.80 Å². The molecule has 0 bridgehead atoms. The zero-order valence-corrected chi connectivity index (χ0v) is 12.0. The number of hydrogen-bond acceptors (Lipinski definition) is 2. The Balaban J connectivity index is 1.89. The first-order valence-electron chi connectivity index (χ1n) is 6.87. The maximum Gasteiger partial charge on any atom is 0.319 e. The molecule has 0 atom stereocenters. The summed E-state index contributed by atoms with van der Waals surface area (Å²) in [5, 5.41) is 0. The van der Waals surface area contributed by atoms with Crippen LogP contribution in [0.2, 0.25) is 0 Å². The van der Waals surface area contributed by atoms with Crippen LogP contribution in [0.5, 0.6) is 0 Å². The minimum absolute atomic E-state index is 0.0615. The van der Waals surface area contributed by atoms with Gasteiger partial charge in [-0.2, -0.15) is 0 Å². The normalized spacial score (nSPS) is 23.8. The predicted octanol–water partition coefficient (Wildman–Crippen LogP) is 1.98. The van der Waals surface area contributed by atoms with Crippen LogP contribution in [0.4, 0.5) is 4.79 Å². The average molecular weight is 269 g/mol. The molecule has 2 fully saturated rings. The second kappa shape index (κ2) is 5.43. The van der Waals surface area contributed by atoms with Gasteiger partial charge in [-0.25, -0.2) is 4.79 Å². The van der Waals surface area contributed by atoms with Crippen LogP contribution in [0.25, 0.3) is 0 Å². The number of urea groups is 1. The lowest BCUT2D eigenvalue weighted by atomic mass is 9.80. The highest BCUT2D eigenvalue weighted by Gasteiger charge is 2.35. The first-order valence-corrected chi connectivity index (χ1v) is 7.27. The number of amides is 2. The van der Waals surface area contributed by atoms with Gasteiger partial charge >= 0.3 is 6.03 Å². The number of hydrogen-bond donors (Lipinski definition) is 1. The monoisotopic (exact) mass is 269 g/mol. The fraction of sp³-hybridized carbons (Fsp3) is 0.846. The Morgan fingerprint density at radius 2 is 1.56 bits per heavy atom. The van der Waals surface area contributed by atoms with E-state index in [4.69, 9.17) is 18.0 Å². The Bertz CT molecular complexity index is 331. The van der Waals surface area contributed by atoms with Gasteiger partial charge in [0.05, 0.1) is 4.99 Å². The van der Waals surface area contributed by atoms with Crippen molar-refractivity contribution >= 4 is 23.2 Å². The van der Waals surface area contributed by atoms with Crippen molar-refractivity contribution in [3.63, 3.8) is 0 Å². The summed E-state index contributed by atoms with van der Waals surface area (Å²) in [6, 6.07) is 0.208. The molecule has 102 valence electrons. The zero-order chi connectivity index (χ0) is 13.2. The predicted molar refractivity (Wildman–Crippen MR) is 76.5 cm³/mol. The molecular weight excluding hydrogens is 246 g/mol. The van der Waals surface area contributed by atoms with Crippen LogP contribution < -0.4 is 5.73 Å². The van der Waals surface area contributed by atoms with E-state index in [9.17, 15) is 4.79 Å². The molecule has 5 heteroatoms. The summed E-state index contributed by atoms with van der Waals surface area (Å²) < 4.78 is 0. The standard InChI is InChI=1S/C13H23N3OS/c1-13(11(14)18)5-9-16(10-6-13)12(17)15-7-3-2-4-8-15/h2-10H2,1H3,(H2,14,18). The second-order valence-electron chi connectivity index (χ2n) is 5.74. The quantitative estimate of drug-likeness (QED) is 0.741. The molecule has 0 spiro atoms. The van der Waals surface area contributed by atoms with Gasteiger partial charge in [0.15, 0.2) is 0 Å². The smallest absolute Gasteiger partial charge is 0.319 e. The van der Waals surface area contributed by atoms with E-state index in [-0.39, 0.29) is 11.4 Å². The van der Waals surface area contributed by atoms with E-state index in [0.29, 0.717) is 4.99 Å². The number of piperidine rings is 2. The van der Waals surface area contributed by atoms with Crippen molar-refractivity contribution in [3.8, 4) is 0 Å². The fourth-order valence-corrected chi connectivity index (χ4v) is 2.93. The minimum Gasteiger partial charge on any atom is -0.393 e. The summed E-state index contributed by atoms with van der Waals surface area (Å²) in [6.07, 6.45) is 5.32. The van der Waals surface area contributed by atoms with Gasteiger partial charge in [-0.1, -0.05) is 19.1 Å². The van der Waals surface area contributed by atoms with E-state index in [1.54, 1.807) is 0 Å². The van der Waals surface area contributed by atoms with Crippen molar-refractivity contribution in [2.45, 2.75) is 39.0 Å². The molecule has 0 saturated carbocycles. The topological polar surface area (TPSA) is 49.6 Å². The summed E-state index contributed by atoms with van der Waals surface area (Å²) in [5.41, 5.74) is 5.72. The summed E-state index contributed by atoms with van der Waals surface area (Å²) in [7, 11) is 0. The van der Waals surface area contributed by atoms with Crippen molar-refractivity contribution in [2.75, 3.05) is 26.2 Å². The van der Waals surface area contributed by atoms with E-state index in [0.717, 1.165) is 51.9 Å². The Hall–Kier alpha value is -0.840. The summed E-state index contributed by atoms with van der Waals surface area (Å²) >= 11 is 5.12. The molecule has 0 unspecified atom stereocenters. The highest BCUT2D eigenvalue weighted by atomic mass is 32.1. The molecule has 0 aliphatic carbocycles. The van der Waals surface area contributed by atoms with Gasteiger partial charge in [0, 0.05) is 31.6 Å². The van der Waals surface area contributed by atoms with Crippen LogP contribution in [-0.4, -0.2) is 47.0 Å². The molecule has 2 aliphatic rings. The fourth-order valence-electron chi connectivity index (χ4n) is 2.72. The van der Waals surface area contributed by atoms with Gasteiger partial charge in [-0.05, 0) is 32.1 Å². The summed E-state index contributed by atoms with van der Waals surface area (Å²) in [6.45, 7) is 5.51. The highest BCUT2D eigenvalue weighted by Crippen LogP contribution is 2.31. The van der Waals surface area contributed by atoms with E-state index >= 15 is 0 Å². The molecule has 4 nitrogen and oxygen atoms in total. The molecule has 2 aliphatic heterocycles. The molecule has 0 aromatic rings. The largest absolute Gasteiger partial charge is 0.393 e. The maximum absolute atomic E-state index is 12.3. The van der Waals surface area contributed by atoms with E-state index in [2.05, 4.69) is 6.92 Å².